The van der Waals surface area contributed by atoms with Crippen molar-refractivity contribution in [3.8, 4) is 11.8 Å². The fraction of sp³-hybridized carbons (Fsp3) is 0.650. The molecule has 1 fully saturated rings. The Bertz CT molecular complexity index is 589. The first-order chi connectivity index (χ1) is 12.4. The Kier molecular flexibility index (Phi) is 8.05. The monoisotopic (exact) mass is 425 g/mol. The van der Waals surface area contributed by atoms with Gasteiger partial charge in [-0.3, -0.25) is 0 Å². The number of nitrogens with zero attached hydrogens (tertiary/aromatic N) is 1. The minimum Gasteiger partial charge on any atom is -0.493 e. The Morgan fingerprint density at radius 2 is 2.08 bits per heavy atom. The highest BCUT2D eigenvalue weighted by Gasteiger charge is 2.28. The Morgan fingerprint density at radius 3 is 2.73 bits per heavy atom. The largest absolute Gasteiger partial charge is 0.493 e. The van der Waals surface area contributed by atoms with Crippen molar-refractivity contribution in [1.82, 2.24) is 4.90 Å². The second kappa shape index (κ2) is 10.0. The van der Waals surface area contributed by atoms with Crippen LogP contribution in [0.5, 0.6) is 0 Å². The van der Waals surface area contributed by atoms with Gasteiger partial charge >= 0.3 is 6.09 Å². The van der Waals surface area contributed by atoms with Crippen molar-refractivity contribution in [2.45, 2.75) is 57.8 Å². The van der Waals surface area contributed by atoms with Crippen LogP contribution in [0.25, 0.3) is 0 Å². The van der Waals surface area contributed by atoms with E-state index in [0.29, 0.717) is 26.1 Å². The van der Waals surface area contributed by atoms with Crippen molar-refractivity contribution in [2.24, 2.45) is 0 Å². The van der Waals surface area contributed by atoms with Gasteiger partial charge < -0.3 is 19.1 Å². The lowest BCUT2D eigenvalue weighted by Crippen LogP contribution is -2.44. The third-order valence-electron chi connectivity index (χ3n) is 3.86. The molecule has 0 aromatic carbocycles. The van der Waals surface area contributed by atoms with Crippen molar-refractivity contribution in [1.29, 1.82) is 0 Å². The molecule has 26 heavy (non-hydrogen) atoms. The lowest BCUT2D eigenvalue weighted by atomic mass is 10.1. The summed E-state index contributed by atoms with van der Waals surface area (Å²) in [5.41, 5.74) is -0.466. The van der Waals surface area contributed by atoms with Crippen LogP contribution in [0.3, 0.4) is 0 Å². The first-order valence-electron chi connectivity index (χ1n) is 9.06. The van der Waals surface area contributed by atoms with Crippen LogP contribution < -0.4 is 0 Å². The SMILES string of the molecule is CC(C)(C)OC(=O)N1CCC(OC2C#CC/C=C(OCCBr)\C=C/2)CC1. The quantitative estimate of drug-likeness (QED) is 0.492. The number of ether oxygens (including phenoxy) is 3. The van der Waals surface area contributed by atoms with Gasteiger partial charge in [0, 0.05) is 24.8 Å². The Hall–Kier alpha value is -1.45. The van der Waals surface area contributed by atoms with E-state index in [-0.39, 0.29) is 18.3 Å². The second-order valence-corrected chi connectivity index (χ2v) is 8.04. The fourth-order valence-corrected chi connectivity index (χ4v) is 2.82. The number of allylic oxidation sites excluding steroid dienone is 2. The van der Waals surface area contributed by atoms with E-state index >= 15 is 0 Å². The first kappa shape index (κ1) is 20.9. The highest BCUT2D eigenvalue weighted by Crippen LogP contribution is 2.19. The maximum atomic E-state index is 12.1. The maximum Gasteiger partial charge on any atom is 0.410 e. The fourth-order valence-electron chi connectivity index (χ4n) is 2.66. The number of hydrogen-bond acceptors (Lipinski definition) is 4. The van der Waals surface area contributed by atoms with E-state index < -0.39 is 5.60 Å². The molecule has 1 amide bonds. The molecule has 1 aliphatic carbocycles. The summed E-state index contributed by atoms with van der Waals surface area (Å²) < 4.78 is 17.2. The summed E-state index contributed by atoms with van der Waals surface area (Å²) in [5, 5.41) is 0.792. The predicted molar refractivity (Wildman–Crippen MR) is 105 cm³/mol. The molecular weight excluding hydrogens is 398 g/mol. The number of amides is 1. The van der Waals surface area contributed by atoms with Gasteiger partial charge in [-0.15, -0.1) is 0 Å². The van der Waals surface area contributed by atoms with Gasteiger partial charge in [-0.1, -0.05) is 27.8 Å². The zero-order valence-electron chi connectivity index (χ0n) is 15.8. The van der Waals surface area contributed by atoms with Crippen molar-refractivity contribution < 1.29 is 19.0 Å². The van der Waals surface area contributed by atoms with Crippen LogP contribution >= 0.6 is 15.9 Å². The minimum absolute atomic E-state index is 0.0907. The molecule has 144 valence electrons. The molecule has 2 rings (SSSR count). The smallest absolute Gasteiger partial charge is 0.410 e. The normalized spacial score (nSPS) is 24.4. The van der Waals surface area contributed by atoms with Crippen molar-refractivity contribution >= 4 is 22.0 Å². The molecule has 1 unspecified atom stereocenters. The molecule has 0 saturated carbocycles. The van der Waals surface area contributed by atoms with E-state index in [4.69, 9.17) is 14.2 Å². The van der Waals surface area contributed by atoms with Crippen LogP contribution in [0.2, 0.25) is 0 Å². The third-order valence-corrected chi connectivity index (χ3v) is 4.19. The van der Waals surface area contributed by atoms with Gasteiger partial charge in [0.15, 0.2) is 0 Å². The number of rotatable bonds is 5. The van der Waals surface area contributed by atoms with Crippen LogP contribution in [0.1, 0.15) is 40.0 Å². The van der Waals surface area contributed by atoms with Crippen LogP contribution in [0.15, 0.2) is 24.0 Å². The molecule has 0 bridgehead atoms. The maximum absolute atomic E-state index is 12.1. The van der Waals surface area contributed by atoms with Gasteiger partial charge in [-0.25, -0.2) is 4.79 Å². The van der Waals surface area contributed by atoms with E-state index in [1.165, 1.54) is 0 Å². The molecule has 0 spiro atoms. The van der Waals surface area contributed by atoms with Crippen molar-refractivity contribution in [3.05, 3.63) is 24.0 Å². The van der Waals surface area contributed by atoms with Gasteiger partial charge in [-0.2, -0.15) is 0 Å². The molecule has 0 radical (unpaired) electrons. The molecule has 1 aliphatic heterocycles. The van der Waals surface area contributed by atoms with Gasteiger partial charge in [0.2, 0.25) is 0 Å². The summed E-state index contributed by atoms with van der Waals surface area (Å²) in [6, 6.07) is 0. The molecule has 5 nitrogen and oxygen atoms in total. The summed E-state index contributed by atoms with van der Waals surface area (Å²) in [4.78, 5) is 13.9. The molecule has 6 heteroatoms. The first-order valence-corrected chi connectivity index (χ1v) is 10.2. The molecule has 0 aromatic rings. The lowest BCUT2D eigenvalue weighted by molar-refractivity contribution is -0.0166. The second-order valence-electron chi connectivity index (χ2n) is 7.25. The number of halogens is 1. The van der Waals surface area contributed by atoms with E-state index in [2.05, 4.69) is 27.8 Å². The number of piperidine rings is 1. The standard InChI is InChI=1S/C20H28BrNO4/c1-20(2,3)26-19(23)22-13-10-18(11-14-22)25-17-7-5-4-6-16(8-9-17)24-15-12-21/h6,8-9,17-18H,4,10-15H2,1-3H3/b9-8-,16-6+. The summed E-state index contributed by atoms with van der Waals surface area (Å²) in [6.07, 6.45) is 7.66. The van der Waals surface area contributed by atoms with Crippen molar-refractivity contribution in [2.75, 3.05) is 25.0 Å². The summed E-state index contributed by atoms with van der Waals surface area (Å²) in [7, 11) is 0. The average Bonchev–Trinajstić information content (AvgIpc) is 2.56. The molecular formula is C20H28BrNO4. The topological polar surface area (TPSA) is 48.0 Å². The number of likely N-dealkylation sites (tertiary alicyclic amines) is 1. The van der Waals surface area contributed by atoms with Gasteiger partial charge in [-0.05, 0) is 51.8 Å². The summed E-state index contributed by atoms with van der Waals surface area (Å²) in [6.45, 7) is 7.55. The van der Waals surface area contributed by atoms with Crippen LogP contribution in [-0.4, -0.2) is 53.8 Å². The van der Waals surface area contributed by atoms with E-state index in [9.17, 15) is 4.79 Å². The van der Waals surface area contributed by atoms with Crippen LogP contribution in [0, 0.1) is 11.8 Å². The van der Waals surface area contributed by atoms with E-state index in [0.717, 1.165) is 23.9 Å². The number of carbonyl (C=O) groups is 1. The zero-order chi connectivity index (χ0) is 19.0. The number of alkyl halides is 1. The molecule has 0 N–H and O–H groups in total. The van der Waals surface area contributed by atoms with Gasteiger partial charge in [0.1, 0.15) is 17.5 Å². The predicted octanol–water partition coefficient (Wildman–Crippen LogP) is 4.03. The molecule has 0 aromatic heterocycles. The minimum atomic E-state index is -0.466. The third kappa shape index (κ3) is 7.43. The van der Waals surface area contributed by atoms with Gasteiger partial charge in [0.25, 0.3) is 0 Å². The summed E-state index contributed by atoms with van der Waals surface area (Å²) in [5.74, 6) is 7.07. The number of hydrogen-bond donors (Lipinski definition) is 0. The van der Waals surface area contributed by atoms with Crippen LogP contribution in [-0.2, 0) is 14.2 Å². The van der Waals surface area contributed by atoms with E-state index in [1.54, 1.807) is 4.90 Å². The molecule has 2 aliphatic rings. The Morgan fingerprint density at radius 1 is 1.35 bits per heavy atom. The Balaban J connectivity index is 1.81. The molecule has 1 saturated heterocycles. The van der Waals surface area contributed by atoms with Crippen LogP contribution in [0.4, 0.5) is 4.79 Å². The van der Waals surface area contributed by atoms with Gasteiger partial charge in [0.05, 0.1) is 12.7 Å². The molecule has 1 heterocycles. The average molecular weight is 426 g/mol. The zero-order valence-corrected chi connectivity index (χ0v) is 17.4. The molecule has 1 atom stereocenters. The van der Waals surface area contributed by atoms with E-state index in [1.807, 2.05) is 39.0 Å². The Labute approximate surface area is 164 Å². The number of carbonyl (C=O) groups excluding carboxylic acids is 1. The highest BCUT2D eigenvalue weighted by atomic mass is 79.9. The highest BCUT2D eigenvalue weighted by molar-refractivity contribution is 9.09. The van der Waals surface area contributed by atoms with Crippen molar-refractivity contribution in [3.63, 3.8) is 0 Å². The lowest BCUT2D eigenvalue weighted by Gasteiger charge is -2.34. The summed E-state index contributed by atoms with van der Waals surface area (Å²) >= 11 is 3.35.